The third-order valence-corrected chi connectivity index (χ3v) is 2.96. The lowest BCUT2D eigenvalue weighted by molar-refractivity contribution is 0.100. The molecule has 0 atom stereocenters. The second kappa shape index (κ2) is 3.90. The lowest BCUT2D eigenvalue weighted by Gasteiger charge is -2.00. The van der Waals surface area contributed by atoms with Crippen molar-refractivity contribution in [3.63, 3.8) is 0 Å². The fourth-order valence-corrected chi connectivity index (χ4v) is 1.99. The van der Waals surface area contributed by atoms with E-state index in [9.17, 15) is 9.18 Å². The molecule has 1 aromatic carbocycles. The maximum Gasteiger partial charge on any atom is 0.262 e. The zero-order valence-electron chi connectivity index (χ0n) is 8.11. The van der Waals surface area contributed by atoms with E-state index in [2.05, 4.69) is 4.37 Å². The predicted octanol–water partition coefficient (Wildman–Crippen LogP) is 1.63. The van der Waals surface area contributed by atoms with Gasteiger partial charge in [0, 0.05) is 5.56 Å². The summed E-state index contributed by atoms with van der Waals surface area (Å²) in [5.74, 6) is -1.09. The van der Waals surface area contributed by atoms with E-state index in [1.54, 1.807) is 18.2 Å². The minimum absolute atomic E-state index is 0.127. The van der Waals surface area contributed by atoms with Crippen molar-refractivity contribution in [1.82, 2.24) is 4.37 Å². The Kier molecular flexibility index (Phi) is 2.57. The summed E-state index contributed by atoms with van der Waals surface area (Å²) in [6, 6.07) is 6.08. The second-order valence-electron chi connectivity index (χ2n) is 3.12. The van der Waals surface area contributed by atoms with Gasteiger partial charge in [0.25, 0.3) is 5.91 Å². The van der Waals surface area contributed by atoms with Gasteiger partial charge in [-0.25, -0.2) is 4.39 Å². The average Bonchev–Trinajstić information content (AvgIpc) is 2.61. The van der Waals surface area contributed by atoms with Gasteiger partial charge in [0.15, 0.2) is 0 Å². The van der Waals surface area contributed by atoms with Gasteiger partial charge in [-0.2, -0.15) is 4.37 Å². The molecule has 0 bridgehead atoms. The lowest BCUT2D eigenvalue weighted by Crippen LogP contribution is -2.10. The van der Waals surface area contributed by atoms with E-state index in [1.165, 1.54) is 6.07 Å². The molecular formula is C10H8FN3OS. The molecule has 1 amide bonds. The number of primary amides is 1. The molecule has 4 nitrogen and oxygen atoms in total. The summed E-state index contributed by atoms with van der Waals surface area (Å²) < 4.78 is 17.4. The Bertz CT molecular complexity index is 553. The van der Waals surface area contributed by atoms with Crippen LogP contribution in [0.2, 0.25) is 0 Å². The van der Waals surface area contributed by atoms with Crippen LogP contribution in [-0.2, 0) is 0 Å². The van der Waals surface area contributed by atoms with Crippen LogP contribution in [0.1, 0.15) is 9.67 Å². The van der Waals surface area contributed by atoms with Crippen molar-refractivity contribution in [3.8, 4) is 11.3 Å². The van der Waals surface area contributed by atoms with Crippen LogP contribution in [0.3, 0.4) is 0 Å². The highest BCUT2D eigenvalue weighted by atomic mass is 32.1. The molecule has 4 N–H and O–H groups in total. The second-order valence-corrected chi connectivity index (χ2v) is 3.89. The van der Waals surface area contributed by atoms with E-state index >= 15 is 0 Å². The smallest absolute Gasteiger partial charge is 0.262 e. The monoisotopic (exact) mass is 237 g/mol. The van der Waals surface area contributed by atoms with Gasteiger partial charge in [0.05, 0.1) is 5.69 Å². The van der Waals surface area contributed by atoms with Crippen LogP contribution in [0.4, 0.5) is 10.1 Å². The van der Waals surface area contributed by atoms with Crippen LogP contribution < -0.4 is 11.5 Å². The number of aromatic nitrogens is 1. The minimum Gasteiger partial charge on any atom is -0.396 e. The number of anilines is 1. The highest BCUT2D eigenvalue weighted by Crippen LogP contribution is 2.31. The van der Waals surface area contributed by atoms with Gasteiger partial charge in [-0.1, -0.05) is 12.1 Å². The maximum atomic E-state index is 13.5. The molecular weight excluding hydrogens is 229 g/mol. The molecule has 82 valence electrons. The number of halogens is 1. The quantitative estimate of drug-likeness (QED) is 0.832. The summed E-state index contributed by atoms with van der Waals surface area (Å²) in [4.78, 5) is 11.1. The molecule has 6 heteroatoms. The molecule has 0 fully saturated rings. The molecule has 0 aliphatic carbocycles. The van der Waals surface area contributed by atoms with Gasteiger partial charge in [-0.15, -0.1) is 0 Å². The van der Waals surface area contributed by atoms with Crippen molar-refractivity contribution in [1.29, 1.82) is 0 Å². The lowest BCUT2D eigenvalue weighted by atomic mass is 10.1. The predicted molar refractivity (Wildman–Crippen MR) is 60.4 cm³/mol. The highest BCUT2D eigenvalue weighted by molar-refractivity contribution is 7.09. The van der Waals surface area contributed by atoms with E-state index in [0.717, 1.165) is 11.5 Å². The topological polar surface area (TPSA) is 82.0 Å². The average molecular weight is 237 g/mol. The fraction of sp³-hybridized carbons (Fsp3) is 0. The van der Waals surface area contributed by atoms with Gasteiger partial charge < -0.3 is 11.5 Å². The van der Waals surface area contributed by atoms with Crippen molar-refractivity contribution in [2.45, 2.75) is 0 Å². The van der Waals surface area contributed by atoms with Crippen molar-refractivity contribution < 1.29 is 9.18 Å². The van der Waals surface area contributed by atoms with Crippen LogP contribution in [0, 0.1) is 5.82 Å². The molecule has 2 aromatic rings. The number of carbonyl (C=O) groups excluding carboxylic acids is 1. The molecule has 0 aliphatic heterocycles. The Morgan fingerprint density at radius 1 is 1.38 bits per heavy atom. The van der Waals surface area contributed by atoms with Crippen molar-refractivity contribution in [3.05, 3.63) is 35.0 Å². The summed E-state index contributed by atoms with van der Waals surface area (Å²) in [5, 5.41) is 0. The molecule has 0 unspecified atom stereocenters. The highest BCUT2D eigenvalue weighted by Gasteiger charge is 2.18. The Hall–Kier alpha value is -1.95. The van der Waals surface area contributed by atoms with Crippen molar-refractivity contribution in [2.75, 3.05) is 5.73 Å². The first-order valence-corrected chi connectivity index (χ1v) is 5.18. The Morgan fingerprint density at radius 3 is 2.62 bits per heavy atom. The van der Waals surface area contributed by atoms with E-state index < -0.39 is 11.7 Å². The third-order valence-electron chi connectivity index (χ3n) is 2.08. The van der Waals surface area contributed by atoms with Crippen LogP contribution in [0.25, 0.3) is 11.3 Å². The maximum absolute atomic E-state index is 13.5. The molecule has 0 spiro atoms. The Morgan fingerprint density at radius 2 is 2.06 bits per heavy atom. The first-order valence-electron chi connectivity index (χ1n) is 4.41. The van der Waals surface area contributed by atoms with Gasteiger partial charge in [-0.3, -0.25) is 4.79 Å². The largest absolute Gasteiger partial charge is 0.396 e. The molecule has 0 radical (unpaired) electrons. The number of hydrogen-bond donors (Lipinski definition) is 2. The number of nitrogens with zero attached hydrogens (tertiary/aromatic N) is 1. The molecule has 0 saturated heterocycles. The zero-order valence-corrected chi connectivity index (χ0v) is 8.92. The van der Waals surface area contributed by atoms with Crippen LogP contribution in [-0.4, -0.2) is 10.3 Å². The SMILES string of the molecule is NC(=O)c1snc(-c2ccccc2F)c1N. The summed E-state index contributed by atoms with van der Waals surface area (Å²) >= 11 is 0.872. The minimum atomic E-state index is -0.655. The Labute approximate surface area is 94.9 Å². The molecule has 0 aliphatic rings. The van der Waals surface area contributed by atoms with Gasteiger partial charge in [0.1, 0.15) is 16.4 Å². The van der Waals surface area contributed by atoms with Crippen LogP contribution in [0.15, 0.2) is 24.3 Å². The number of rotatable bonds is 2. The summed E-state index contributed by atoms with van der Waals surface area (Å²) in [6.07, 6.45) is 0. The Balaban J connectivity index is 2.58. The van der Waals surface area contributed by atoms with Crippen LogP contribution >= 0.6 is 11.5 Å². The molecule has 1 heterocycles. The zero-order chi connectivity index (χ0) is 11.7. The number of nitrogen functional groups attached to an aromatic ring is 1. The third kappa shape index (κ3) is 1.63. The van der Waals surface area contributed by atoms with Crippen molar-refractivity contribution in [2.24, 2.45) is 5.73 Å². The van der Waals surface area contributed by atoms with Gasteiger partial charge in [-0.05, 0) is 23.7 Å². The normalized spacial score (nSPS) is 10.3. The van der Waals surface area contributed by atoms with Crippen LogP contribution in [0.5, 0.6) is 0 Å². The summed E-state index contributed by atoms with van der Waals surface area (Å²) in [5.41, 5.74) is 11.4. The number of amides is 1. The summed E-state index contributed by atoms with van der Waals surface area (Å²) in [6.45, 7) is 0. The first-order chi connectivity index (χ1) is 7.61. The first kappa shape index (κ1) is 10.6. The molecule has 0 saturated carbocycles. The standard InChI is InChI=1S/C10H8FN3OS/c11-6-4-2-1-3-5(6)8-7(12)9(10(13)15)16-14-8/h1-4H,12H2,(H2,13,15). The van der Waals surface area contributed by atoms with E-state index in [-0.39, 0.29) is 21.8 Å². The number of benzene rings is 1. The van der Waals surface area contributed by atoms with E-state index in [0.29, 0.717) is 0 Å². The summed E-state index contributed by atoms with van der Waals surface area (Å²) in [7, 11) is 0. The number of carbonyl (C=O) groups is 1. The fourth-order valence-electron chi connectivity index (χ4n) is 1.32. The van der Waals surface area contributed by atoms with Gasteiger partial charge >= 0.3 is 0 Å². The molecule has 2 rings (SSSR count). The molecule has 16 heavy (non-hydrogen) atoms. The number of nitrogens with two attached hydrogens (primary N) is 2. The number of hydrogen-bond acceptors (Lipinski definition) is 4. The van der Waals surface area contributed by atoms with Crippen molar-refractivity contribution >= 4 is 23.1 Å². The molecule has 1 aromatic heterocycles. The van der Waals surface area contributed by atoms with Gasteiger partial charge in [0.2, 0.25) is 0 Å². The van der Waals surface area contributed by atoms with E-state index in [1.807, 2.05) is 0 Å². The van der Waals surface area contributed by atoms with E-state index in [4.69, 9.17) is 11.5 Å².